The van der Waals surface area contributed by atoms with Crippen molar-refractivity contribution < 1.29 is 14.3 Å². The quantitative estimate of drug-likeness (QED) is 0.590. The number of hydrogen-bond acceptors (Lipinski definition) is 3. The molecule has 0 aromatic heterocycles. The molecule has 0 aromatic rings. The molecule has 1 N–H and O–H groups in total. The van der Waals surface area contributed by atoms with E-state index in [0.717, 1.165) is 0 Å². The van der Waals surface area contributed by atoms with Gasteiger partial charge in [0.25, 0.3) is 5.91 Å². The van der Waals surface area contributed by atoms with E-state index in [9.17, 15) is 4.79 Å². The largest absolute Gasteiger partial charge is 0.353 e. The summed E-state index contributed by atoms with van der Waals surface area (Å²) in [5.41, 5.74) is 0. The van der Waals surface area contributed by atoms with Crippen molar-refractivity contribution in [2.75, 3.05) is 6.61 Å². The van der Waals surface area contributed by atoms with Gasteiger partial charge in [-0.3, -0.25) is 4.79 Å². The first kappa shape index (κ1) is 12.8. The van der Waals surface area contributed by atoms with Crippen LogP contribution in [0.2, 0.25) is 0 Å². The summed E-state index contributed by atoms with van der Waals surface area (Å²) in [4.78, 5) is 11.5. The monoisotopic (exact) mass is 241 g/mol. The number of carbonyl (C=O) groups excluding carboxylic acids is 1. The molecule has 2 aliphatic rings. The summed E-state index contributed by atoms with van der Waals surface area (Å²) in [7, 11) is 0. The van der Waals surface area contributed by atoms with Crippen molar-refractivity contribution in [2.24, 2.45) is 5.92 Å². The number of ether oxygens (including phenoxy) is 2. The average Bonchev–Trinajstić information content (AvgIpc) is 2.34. The normalized spacial score (nSPS) is 31.8. The Bertz CT molecular complexity index is 263. The second kappa shape index (κ2) is 5.83. The summed E-state index contributed by atoms with van der Waals surface area (Å²) in [6, 6.07) is 0.214. The van der Waals surface area contributed by atoms with Crippen LogP contribution in [-0.4, -0.2) is 30.9 Å². The Balaban J connectivity index is 1.84. The molecule has 0 bridgehead atoms. The zero-order valence-corrected chi connectivity index (χ0v) is 10.8. The van der Waals surface area contributed by atoms with Gasteiger partial charge in [-0.05, 0) is 32.6 Å². The Morgan fingerprint density at radius 3 is 2.65 bits per heavy atom. The van der Waals surface area contributed by atoms with Gasteiger partial charge in [-0.2, -0.15) is 0 Å². The molecule has 4 heteroatoms. The van der Waals surface area contributed by atoms with Gasteiger partial charge in [0.15, 0.2) is 12.4 Å². The molecule has 0 aromatic carbocycles. The van der Waals surface area contributed by atoms with Crippen molar-refractivity contribution in [3.05, 3.63) is 0 Å². The Morgan fingerprint density at radius 2 is 2.06 bits per heavy atom. The third-order valence-electron chi connectivity index (χ3n) is 3.79. The third-order valence-corrected chi connectivity index (χ3v) is 3.79. The molecule has 3 atom stereocenters. The smallest absolute Gasteiger partial charge is 0.251 e. The molecule has 1 aliphatic carbocycles. The van der Waals surface area contributed by atoms with Gasteiger partial charge in [-0.15, -0.1) is 0 Å². The zero-order valence-electron chi connectivity index (χ0n) is 10.8. The predicted molar refractivity (Wildman–Crippen MR) is 64.5 cm³/mol. The highest BCUT2D eigenvalue weighted by Crippen LogP contribution is 2.32. The Hall–Kier alpha value is -0.610. The van der Waals surface area contributed by atoms with Crippen molar-refractivity contribution in [2.45, 2.75) is 64.4 Å². The van der Waals surface area contributed by atoms with Crippen molar-refractivity contribution in [3.63, 3.8) is 0 Å². The number of rotatable bonds is 5. The first-order chi connectivity index (χ1) is 8.22. The lowest BCUT2D eigenvalue weighted by atomic mass is 9.78. The average molecular weight is 241 g/mol. The molecule has 1 heterocycles. The molecular formula is C13H23NO3. The van der Waals surface area contributed by atoms with E-state index < -0.39 is 0 Å². The van der Waals surface area contributed by atoms with Crippen LogP contribution in [0.25, 0.3) is 0 Å². The van der Waals surface area contributed by atoms with Crippen LogP contribution in [-0.2, 0) is 14.3 Å². The van der Waals surface area contributed by atoms with Crippen molar-refractivity contribution >= 4 is 5.91 Å². The van der Waals surface area contributed by atoms with Crippen LogP contribution in [0.5, 0.6) is 0 Å². The minimum atomic E-state index is -0.292. The summed E-state index contributed by atoms with van der Waals surface area (Å²) in [5.74, 6) is 0.618. The zero-order chi connectivity index (χ0) is 12.3. The van der Waals surface area contributed by atoms with Crippen LogP contribution in [0, 0.1) is 5.92 Å². The van der Waals surface area contributed by atoms with Gasteiger partial charge < -0.3 is 14.8 Å². The maximum Gasteiger partial charge on any atom is 0.251 e. The molecule has 4 nitrogen and oxygen atoms in total. The van der Waals surface area contributed by atoms with Crippen LogP contribution < -0.4 is 5.32 Å². The van der Waals surface area contributed by atoms with Gasteiger partial charge in [-0.1, -0.05) is 19.3 Å². The van der Waals surface area contributed by atoms with Crippen LogP contribution in [0.4, 0.5) is 0 Å². The van der Waals surface area contributed by atoms with Crippen molar-refractivity contribution in [1.82, 2.24) is 5.32 Å². The Labute approximate surface area is 103 Å². The molecule has 1 saturated heterocycles. The SMILES string of the molecule is CCOC(C)O[C@H]1C(=O)N[C@H]1C1CCCCC1. The lowest BCUT2D eigenvalue weighted by Gasteiger charge is -2.43. The van der Waals surface area contributed by atoms with E-state index >= 15 is 0 Å². The Morgan fingerprint density at radius 1 is 1.35 bits per heavy atom. The molecule has 1 aliphatic heterocycles. The fourth-order valence-electron chi connectivity index (χ4n) is 2.87. The maximum atomic E-state index is 11.5. The van der Waals surface area contributed by atoms with E-state index in [1.54, 1.807) is 0 Å². The number of nitrogens with one attached hydrogen (secondary N) is 1. The highest BCUT2D eigenvalue weighted by Gasteiger charge is 2.45. The van der Waals surface area contributed by atoms with Crippen LogP contribution in [0.1, 0.15) is 46.0 Å². The first-order valence-electron chi connectivity index (χ1n) is 6.79. The molecule has 98 valence electrons. The minimum Gasteiger partial charge on any atom is -0.353 e. The van der Waals surface area contributed by atoms with Gasteiger partial charge in [0.05, 0.1) is 6.04 Å². The fourth-order valence-corrected chi connectivity index (χ4v) is 2.87. The molecule has 2 fully saturated rings. The van der Waals surface area contributed by atoms with Crippen molar-refractivity contribution in [3.8, 4) is 0 Å². The molecule has 0 spiro atoms. The van der Waals surface area contributed by atoms with Gasteiger partial charge in [0, 0.05) is 6.61 Å². The molecule has 2 rings (SSSR count). The summed E-state index contributed by atoms with van der Waals surface area (Å²) in [5, 5.41) is 2.99. The molecule has 1 saturated carbocycles. The number of β-lactam (4-membered cyclic amide) rings is 1. The minimum absolute atomic E-state index is 0.0205. The van der Waals surface area contributed by atoms with E-state index in [1.807, 2.05) is 13.8 Å². The van der Waals surface area contributed by atoms with Gasteiger partial charge in [-0.25, -0.2) is 0 Å². The van der Waals surface area contributed by atoms with E-state index in [2.05, 4.69) is 5.32 Å². The lowest BCUT2D eigenvalue weighted by Crippen LogP contribution is -2.67. The molecule has 1 amide bonds. The van der Waals surface area contributed by atoms with Crippen molar-refractivity contribution in [1.29, 1.82) is 0 Å². The summed E-state index contributed by atoms with van der Waals surface area (Å²) < 4.78 is 11.0. The molecular weight excluding hydrogens is 218 g/mol. The number of amides is 1. The third kappa shape index (κ3) is 2.99. The number of hydrogen-bond donors (Lipinski definition) is 1. The van der Waals surface area contributed by atoms with E-state index in [0.29, 0.717) is 12.5 Å². The summed E-state index contributed by atoms with van der Waals surface area (Å²) in [6.45, 7) is 4.40. The lowest BCUT2D eigenvalue weighted by molar-refractivity contribution is -0.195. The second-order valence-corrected chi connectivity index (χ2v) is 5.01. The van der Waals surface area contributed by atoms with Crippen LogP contribution in [0.15, 0.2) is 0 Å². The topological polar surface area (TPSA) is 47.6 Å². The first-order valence-corrected chi connectivity index (χ1v) is 6.79. The molecule has 17 heavy (non-hydrogen) atoms. The van der Waals surface area contributed by atoms with E-state index in [1.165, 1.54) is 32.1 Å². The maximum absolute atomic E-state index is 11.5. The van der Waals surface area contributed by atoms with Gasteiger partial charge >= 0.3 is 0 Å². The summed E-state index contributed by atoms with van der Waals surface area (Å²) >= 11 is 0. The standard InChI is InChI=1S/C13H23NO3/c1-3-16-9(2)17-12-11(14-13(12)15)10-7-5-4-6-8-10/h9-12H,3-8H2,1-2H3,(H,14,15)/t9?,11-,12+/m0/s1. The van der Waals surface area contributed by atoms with Gasteiger partial charge in [0.2, 0.25) is 0 Å². The second-order valence-electron chi connectivity index (χ2n) is 5.01. The van der Waals surface area contributed by atoms with E-state index in [-0.39, 0.29) is 24.3 Å². The highest BCUT2D eigenvalue weighted by atomic mass is 16.7. The van der Waals surface area contributed by atoms with Crippen LogP contribution in [0.3, 0.4) is 0 Å². The van der Waals surface area contributed by atoms with E-state index in [4.69, 9.17) is 9.47 Å². The highest BCUT2D eigenvalue weighted by molar-refractivity contribution is 5.88. The Kier molecular flexibility index (Phi) is 4.40. The predicted octanol–water partition coefficient (Wildman–Crippen LogP) is 1.83. The van der Waals surface area contributed by atoms with Crippen LogP contribution >= 0.6 is 0 Å². The molecule has 1 unspecified atom stereocenters. The fraction of sp³-hybridized carbons (Fsp3) is 0.923. The molecule has 0 radical (unpaired) electrons. The number of carbonyl (C=O) groups is 1. The van der Waals surface area contributed by atoms with Gasteiger partial charge in [0.1, 0.15) is 0 Å². The summed E-state index contributed by atoms with van der Waals surface area (Å²) in [6.07, 6.45) is 5.75.